The second kappa shape index (κ2) is 6.54. The summed E-state index contributed by atoms with van der Waals surface area (Å²) in [6.45, 7) is 1.17. The zero-order valence-corrected chi connectivity index (χ0v) is 12.9. The van der Waals surface area contributed by atoms with Gasteiger partial charge in [0, 0.05) is 38.7 Å². The monoisotopic (exact) mass is 337 g/mol. The van der Waals surface area contributed by atoms with E-state index in [1.54, 1.807) is 4.90 Å². The largest absolute Gasteiger partial charge is 0.344 e. The fourth-order valence-corrected chi connectivity index (χ4v) is 2.98. The smallest absolute Gasteiger partial charge is 0.256 e. The standard InChI is InChI=1S/C16H17F2N3O3/c17-10-1-2-11(12(18)9-10)15(23)20-5-7-21(8-6-20)16(24)13-3-4-14(22)19-13/h1-2,9,13H,3-8H2,(H,19,22). The summed E-state index contributed by atoms with van der Waals surface area (Å²) in [5.41, 5.74) is -0.181. The number of piperazine rings is 1. The molecule has 1 atom stereocenters. The molecule has 0 radical (unpaired) electrons. The zero-order chi connectivity index (χ0) is 17.3. The summed E-state index contributed by atoms with van der Waals surface area (Å²) in [6.07, 6.45) is 0.830. The number of hydrogen-bond acceptors (Lipinski definition) is 3. The molecule has 3 amide bonds. The highest BCUT2D eigenvalue weighted by molar-refractivity contribution is 5.95. The molecule has 2 aliphatic heterocycles. The zero-order valence-electron chi connectivity index (χ0n) is 12.9. The second-order valence-corrected chi connectivity index (χ2v) is 5.90. The van der Waals surface area contributed by atoms with Crippen LogP contribution in [-0.2, 0) is 9.59 Å². The lowest BCUT2D eigenvalue weighted by Crippen LogP contribution is -2.54. The summed E-state index contributed by atoms with van der Waals surface area (Å²) in [6, 6.07) is 2.35. The van der Waals surface area contributed by atoms with Crippen LogP contribution in [0.15, 0.2) is 18.2 Å². The predicted molar refractivity (Wildman–Crippen MR) is 80.0 cm³/mol. The Balaban J connectivity index is 1.59. The van der Waals surface area contributed by atoms with Crippen molar-refractivity contribution in [3.05, 3.63) is 35.4 Å². The Hall–Kier alpha value is -2.51. The van der Waals surface area contributed by atoms with E-state index in [1.165, 1.54) is 4.90 Å². The second-order valence-electron chi connectivity index (χ2n) is 5.90. The third-order valence-electron chi connectivity index (χ3n) is 4.33. The minimum absolute atomic E-state index is 0.131. The normalized spacial score (nSPS) is 20.9. The van der Waals surface area contributed by atoms with Crippen molar-refractivity contribution in [3.8, 4) is 0 Å². The Morgan fingerprint density at radius 2 is 1.75 bits per heavy atom. The van der Waals surface area contributed by atoms with Gasteiger partial charge in [0.05, 0.1) is 5.56 Å². The molecule has 2 aliphatic rings. The van der Waals surface area contributed by atoms with Crippen LogP contribution < -0.4 is 5.32 Å². The predicted octanol–water partition coefficient (Wildman–Crippen LogP) is 0.528. The molecule has 0 spiro atoms. The topological polar surface area (TPSA) is 69.7 Å². The van der Waals surface area contributed by atoms with Crippen molar-refractivity contribution < 1.29 is 23.2 Å². The first-order valence-corrected chi connectivity index (χ1v) is 7.78. The summed E-state index contributed by atoms with van der Waals surface area (Å²) < 4.78 is 26.6. The Bertz CT molecular complexity index is 687. The van der Waals surface area contributed by atoms with Gasteiger partial charge in [0.25, 0.3) is 5.91 Å². The molecule has 1 unspecified atom stereocenters. The van der Waals surface area contributed by atoms with Gasteiger partial charge in [-0.15, -0.1) is 0 Å². The quantitative estimate of drug-likeness (QED) is 0.856. The van der Waals surface area contributed by atoms with Crippen LogP contribution in [0.2, 0.25) is 0 Å². The van der Waals surface area contributed by atoms with Crippen LogP contribution in [0.4, 0.5) is 8.78 Å². The first kappa shape index (κ1) is 16.4. The first-order valence-electron chi connectivity index (χ1n) is 7.78. The average molecular weight is 337 g/mol. The van der Waals surface area contributed by atoms with E-state index in [0.29, 0.717) is 32.0 Å². The van der Waals surface area contributed by atoms with Crippen LogP contribution in [0.3, 0.4) is 0 Å². The van der Waals surface area contributed by atoms with Gasteiger partial charge in [-0.1, -0.05) is 0 Å². The number of nitrogens with one attached hydrogen (secondary N) is 1. The molecule has 128 valence electrons. The molecule has 2 heterocycles. The van der Waals surface area contributed by atoms with Crippen molar-refractivity contribution in [1.82, 2.24) is 15.1 Å². The molecule has 0 saturated carbocycles. The van der Waals surface area contributed by atoms with E-state index >= 15 is 0 Å². The average Bonchev–Trinajstić information content (AvgIpc) is 3.00. The molecule has 0 bridgehead atoms. The minimum atomic E-state index is -0.896. The van der Waals surface area contributed by atoms with E-state index in [9.17, 15) is 23.2 Å². The third kappa shape index (κ3) is 3.22. The van der Waals surface area contributed by atoms with Crippen molar-refractivity contribution in [2.45, 2.75) is 18.9 Å². The third-order valence-corrected chi connectivity index (χ3v) is 4.33. The molecule has 0 aromatic heterocycles. The SMILES string of the molecule is O=C1CCC(C(=O)N2CCN(C(=O)c3ccc(F)cc3F)CC2)N1. The lowest BCUT2D eigenvalue weighted by atomic mass is 10.1. The molecule has 1 N–H and O–H groups in total. The number of amides is 3. The summed E-state index contributed by atoms with van der Waals surface area (Å²) in [5.74, 6) is -2.44. The lowest BCUT2D eigenvalue weighted by molar-refractivity contribution is -0.135. The maximum absolute atomic E-state index is 13.7. The van der Waals surface area contributed by atoms with Crippen molar-refractivity contribution in [2.24, 2.45) is 0 Å². The number of nitrogens with zero attached hydrogens (tertiary/aromatic N) is 2. The molecule has 0 aliphatic carbocycles. The first-order chi connectivity index (χ1) is 11.5. The van der Waals surface area contributed by atoms with Gasteiger partial charge in [0.1, 0.15) is 17.7 Å². The number of carbonyl (C=O) groups is 3. The maximum Gasteiger partial charge on any atom is 0.256 e. The van der Waals surface area contributed by atoms with E-state index in [1.807, 2.05) is 0 Å². The van der Waals surface area contributed by atoms with E-state index < -0.39 is 23.6 Å². The van der Waals surface area contributed by atoms with Crippen molar-refractivity contribution in [3.63, 3.8) is 0 Å². The van der Waals surface area contributed by atoms with Crippen LogP contribution in [0.1, 0.15) is 23.2 Å². The van der Waals surface area contributed by atoms with Crippen molar-refractivity contribution in [2.75, 3.05) is 26.2 Å². The Morgan fingerprint density at radius 1 is 1.08 bits per heavy atom. The summed E-state index contributed by atoms with van der Waals surface area (Å²) in [5, 5.41) is 2.63. The van der Waals surface area contributed by atoms with Crippen molar-refractivity contribution >= 4 is 17.7 Å². The number of rotatable bonds is 2. The molecule has 2 fully saturated rings. The highest BCUT2D eigenvalue weighted by atomic mass is 19.1. The van der Waals surface area contributed by atoms with Crippen LogP contribution in [0, 0.1) is 11.6 Å². The molecular formula is C16H17F2N3O3. The molecule has 2 saturated heterocycles. The van der Waals surface area contributed by atoms with Gasteiger partial charge in [-0.25, -0.2) is 8.78 Å². The van der Waals surface area contributed by atoms with Crippen LogP contribution in [-0.4, -0.2) is 59.7 Å². The van der Waals surface area contributed by atoms with Gasteiger partial charge in [-0.2, -0.15) is 0 Å². The molecule has 1 aromatic rings. The summed E-state index contributed by atoms with van der Waals surface area (Å²) >= 11 is 0. The number of hydrogen-bond donors (Lipinski definition) is 1. The molecule has 6 nitrogen and oxygen atoms in total. The fourth-order valence-electron chi connectivity index (χ4n) is 2.98. The van der Waals surface area contributed by atoms with Crippen LogP contribution >= 0.6 is 0 Å². The van der Waals surface area contributed by atoms with E-state index in [0.717, 1.165) is 12.1 Å². The fraction of sp³-hybridized carbons (Fsp3) is 0.438. The Morgan fingerprint density at radius 3 is 2.33 bits per heavy atom. The molecule has 1 aromatic carbocycles. The van der Waals surface area contributed by atoms with Crippen LogP contribution in [0.5, 0.6) is 0 Å². The summed E-state index contributed by atoms with van der Waals surface area (Å²) in [4.78, 5) is 38.8. The Labute approximate surface area is 137 Å². The lowest BCUT2D eigenvalue weighted by Gasteiger charge is -2.36. The van der Waals surface area contributed by atoms with E-state index in [-0.39, 0.29) is 30.5 Å². The molecule has 8 heteroatoms. The number of benzene rings is 1. The molecular weight excluding hydrogens is 320 g/mol. The van der Waals surface area contributed by atoms with E-state index in [4.69, 9.17) is 0 Å². The minimum Gasteiger partial charge on any atom is -0.344 e. The van der Waals surface area contributed by atoms with Crippen molar-refractivity contribution in [1.29, 1.82) is 0 Å². The van der Waals surface area contributed by atoms with Gasteiger partial charge in [0.15, 0.2) is 0 Å². The van der Waals surface area contributed by atoms with Gasteiger partial charge >= 0.3 is 0 Å². The maximum atomic E-state index is 13.7. The molecule has 3 rings (SSSR count). The van der Waals surface area contributed by atoms with Gasteiger partial charge in [-0.3, -0.25) is 14.4 Å². The van der Waals surface area contributed by atoms with Gasteiger partial charge in [-0.05, 0) is 18.6 Å². The van der Waals surface area contributed by atoms with Crippen LogP contribution in [0.25, 0.3) is 0 Å². The van der Waals surface area contributed by atoms with Gasteiger partial charge in [0.2, 0.25) is 11.8 Å². The number of carbonyl (C=O) groups excluding carboxylic acids is 3. The highest BCUT2D eigenvalue weighted by Gasteiger charge is 2.33. The highest BCUT2D eigenvalue weighted by Crippen LogP contribution is 2.16. The number of halogens is 2. The van der Waals surface area contributed by atoms with Gasteiger partial charge < -0.3 is 15.1 Å². The van der Waals surface area contributed by atoms with E-state index in [2.05, 4.69) is 5.32 Å². The Kier molecular flexibility index (Phi) is 4.46. The summed E-state index contributed by atoms with van der Waals surface area (Å²) in [7, 11) is 0. The molecule has 24 heavy (non-hydrogen) atoms.